The van der Waals surface area contributed by atoms with Crippen LogP contribution in [-0.2, 0) is 0 Å². The Morgan fingerprint density at radius 3 is 2.15 bits per heavy atom. The molecule has 0 aliphatic rings. The molecular weight excluding hydrogens is 371 g/mol. The molecule has 0 aliphatic heterocycles. The predicted octanol–water partition coefficient (Wildman–Crippen LogP) is 3.93. The number of hydrogen-bond acceptors (Lipinski definition) is 1. The molecule has 0 heterocycles. The smallest absolute Gasteiger partial charge is 0.173 e. The molecule has 1 rings (SSSR count). The third-order valence-electron chi connectivity index (χ3n) is 1.43. The zero-order chi connectivity index (χ0) is 10.0. The van der Waals surface area contributed by atoms with Gasteiger partial charge in [-0.3, -0.25) is 4.79 Å². The number of rotatable bonds is 2. The fraction of sp³-hybridized carbons (Fsp3) is 0.125. The average Bonchev–Trinajstić information content (AvgIpc) is 2.12. The zero-order valence-electron chi connectivity index (χ0n) is 6.28. The highest BCUT2D eigenvalue weighted by Gasteiger charge is 2.10. The summed E-state index contributed by atoms with van der Waals surface area (Å²) in [6.07, 6.45) is 0. The standard InChI is InChI=1S/C8H4Br3FO/c9-3-7(13)4-1-5(10)8(12)6(11)2-4/h1-2H,3H2. The first-order chi connectivity index (χ1) is 6.06. The van der Waals surface area contributed by atoms with Gasteiger partial charge < -0.3 is 0 Å². The van der Waals surface area contributed by atoms with E-state index >= 15 is 0 Å². The van der Waals surface area contributed by atoms with Crippen LogP contribution < -0.4 is 0 Å². The normalized spacial score (nSPS) is 10.2. The van der Waals surface area contributed by atoms with Crippen LogP contribution in [0.3, 0.4) is 0 Å². The van der Waals surface area contributed by atoms with Gasteiger partial charge >= 0.3 is 0 Å². The zero-order valence-corrected chi connectivity index (χ0v) is 11.0. The molecule has 0 saturated heterocycles. The molecule has 1 nitrogen and oxygen atoms in total. The van der Waals surface area contributed by atoms with E-state index in [1.165, 1.54) is 12.1 Å². The van der Waals surface area contributed by atoms with E-state index in [1.54, 1.807) is 0 Å². The van der Waals surface area contributed by atoms with E-state index in [-0.39, 0.29) is 20.1 Å². The third-order valence-corrected chi connectivity index (χ3v) is 3.09. The van der Waals surface area contributed by atoms with Crippen LogP contribution in [0.2, 0.25) is 0 Å². The second-order valence-electron chi connectivity index (χ2n) is 2.31. The summed E-state index contributed by atoms with van der Waals surface area (Å²) in [5, 5.41) is 0.234. The highest BCUT2D eigenvalue weighted by Crippen LogP contribution is 2.25. The Hall–Kier alpha value is 0.260. The van der Waals surface area contributed by atoms with Gasteiger partial charge in [-0.15, -0.1) is 0 Å². The van der Waals surface area contributed by atoms with E-state index in [0.717, 1.165) is 0 Å². The lowest BCUT2D eigenvalue weighted by molar-refractivity contribution is 0.102. The minimum atomic E-state index is -0.397. The molecule has 0 atom stereocenters. The van der Waals surface area contributed by atoms with Crippen molar-refractivity contribution in [3.63, 3.8) is 0 Å². The Labute approximate surface area is 100 Å². The molecule has 0 N–H and O–H groups in total. The minimum absolute atomic E-state index is 0.0820. The molecule has 0 saturated carbocycles. The van der Waals surface area contributed by atoms with Crippen molar-refractivity contribution in [1.29, 1.82) is 0 Å². The van der Waals surface area contributed by atoms with Crippen LogP contribution in [0.4, 0.5) is 4.39 Å². The molecule has 1 aromatic rings. The average molecular weight is 375 g/mol. The fourth-order valence-electron chi connectivity index (χ4n) is 0.794. The summed E-state index contributed by atoms with van der Waals surface area (Å²) in [6, 6.07) is 2.92. The number of carbonyl (C=O) groups is 1. The lowest BCUT2D eigenvalue weighted by Crippen LogP contribution is -2.00. The van der Waals surface area contributed by atoms with Gasteiger partial charge in [-0.2, -0.15) is 0 Å². The van der Waals surface area contributed by atoms with Crippen molar-refractivity contribution in [1.82, 2.24) is 0 Å². The van der Waals surface area contributed by atoms with E-state index < -0.39 is 5.82 Å². The summed E-state index contributed by atoms with van der Waals surface area (Å²) < 4.78 is 13.6. The number of Topliss-reactive ketones (excluding diaryl/α,β-unsaturated/α-hetero) is 1. The summed E-state index contributed by atoms with van der Waals surface area (Å²) in [4.78, 5) is 11.2. The van der Waals surface area contributed by atoms with Crippen LogP contribution in [0, 0.1) is 5.82 Å². The van der Waals surface area contributed by atoms with Crippen molar-refractivity contribution >= 4 is 53.6 Å². The van der Waals surface area contributed by atoms with Gasteiger partial charge in [0.15, 0.2) is 11.6 Å². The molecule has 0 aliphatic carbocycles. The van der Waals surface area contributed by atoms with E-state index in [4.69, 9.17) is 0 Å². The maximum absolute atomic E-state index is 13.1. The van der Waals surface area contributed by atoms with Gasteiger partial charge in [0.25, 0.3) is 0 Å². The molecule has 1 aromatic carbocycles. The molecule has 0 spiro atoms. The Balaban J connectivity index is 3.20. The van der Waals surface area contributed by atoms with Crippen LogP contribution in [-0.4, -0.2) is 11.1 Å². The number of benzene rings is 1. The van der Waals surface area contributed by atoms with Crippen LogP contribution in [0.15, 0.2) is 21.1 Å². The number of carbonyl (C=O) groups excluding carboxylic acids is 1. The molecule has 0 unspecified atom stereocenters. The highest BCUT2D eigenvalue weighted by molar-refractivity contribution is 9.11. The van der Waals surface area contributed by atoms with Crippen LogP contribution in [0.1, 0.15) is 10.4 Å². The fourth-order valence-corrected chi connectivity index (χ4v) is 2.30. The molecule has 0 radical (unpaired) electrons. The Morgan fingerprint density at radius 2 is 1.77 bits per heavy atom. The maximum Gasteiger partial charge on any atom is 0.173 e. The molecule has 13 heavy (non-hydrogen) atoms. The summed E-state index contributed by atoms with van der Waals surface area (Å²) in [5.41, 5.74) is 0.469. The first-order valence-corrected chi connectivity index (χ1v) is 6.00. The second-order valence-corrected chi connectivity index (χ2v) is 4.58. The lowest BCUT2D eigenvalue weighted by atomic mass is 10.1. The number of ketones is 1. The van der Waals surface area contributed by atoms with Gasteiger partial charge in [0, 0.05) is 5.56 Å². The molecule has 5 heteroatoms. The van der Waals surface area contributed by atoms with Crippen molar-refractivity contribution in [2.24, 2.45) is 0 Å². The first kappa shape index (κ1) is 11.3. The third kappa shape index (κ3) is 2.60. The summed E-state index contributed by atoms with van der Waals surface area (Å²) in [6.45, 7) is 0. The summed E-state index contributed by atoms with van der Waals surface area (Å²) in [5.74, 6) is -0.479. The van der Waals surface area contributed by atoms with Crippen molar-refractivity contribution < 1.29 is 9.18 Å². The van der Waals surface area contributed by atoms with Gasteiger partial charge in [-0.1, -0.05) is 15.9 Å². The lowest BCUT2D eigenvalue weighted by Gasteiger charge is -2.01. The molecular formula is C8H4Br3FO. The maximum atomic E-state index is 13.1. The van der Waals surface area contributed by atoms with E-state index in [9.17, 15) is 9.18 Å². The van der Waals surface area contributed by atoms with Gasteiger partial charge in [-0.05, 0) is 44.0 Å². The quantitative estimate of drug-likeness (QED) is 0.435. The number of halogens is 4. The van der Waals surface area contributed by atoms with E-state index in [1.807, 2.05) is 0 Å². The Bertz CT molecular complexity index is 328. The largest absolute Gasteiger partial charge is 0.293 e. The van der Waals surface area contributed by atoms with E-state index in [2.05, 4.69) is 47.8 Å². The minimum Gasteiger partial charge on any atom is -0.293 e. The van der Waals surface area contributed by atoms with Gasteiger partial charge in [0.05, 0.1) is 14.3 Å². The molecule has 70 valence electrons. The van der Waals surface area contributed by atoms with Crippen LogP contribution >= 0.6 is 47.8 Å². The molecule has 0 amide bonds. The number of alkyl halides is 1. The van der Waals surface area contributed by atoms with Crippen LogP contribution in [0.5, 0.6) is 0 Å². The molecule has 0 bridgehead atoms. The monoisotopic (exact) mass is 372 g/mol. The van der Waals surface area contributed by atoms with Gasteiger partial charge in [0.1, 0.15) is 0 Å². The highest BCUT2D eigenvalue weighted by atomic mass is 79.9. The van der Waals surface area contributed by atoms with Crippen molar-refractivity contribution in [2.75, 3.05) is 5.33 Å². The Kier molecular flexibility index (Phi) is 4.06. The van der Waals surface area contributed by atoms with Crippen molar-refractivity contribution in [3.8, 4) is 0 Å². The van der Waals surface area contributed by atoms with Gasteiger partial charge in [-0.25, -0.2) is 4.39 Å². The van der Waals surface area contributed by atoms with Crippen molar-refractivity contribution in [3.05, 3.63) is 32.5 Å². The first-order valence-electron chi connectivity index (χ1n) is 3.30. The van der Waals surface area contributed by atoms with Crippen molar-refractivity contribution in [2.45, 2.75) is 0 Å². The second kappa shape index (κ2) is 4.66. The summed E-state index contributed by atoms with van der Waals surface area (Å²) >= 11 is 9.09. The predicted molar refractivity (Wildman–Crippen MR) is 59.9 cm³/mol. The Morgan fingerprint density at radius 1 is 1.31 bits per heavy atom. The van der Waals surface area contributed by atoms with E-state index in [0.29, 0.717) is 5.56 Å². The number of hydrogen-bond donors (Lipinski definition) is 0. The van der Waals surface area contributed by atoms with Gasteiger partial charge in [0.2, 0.25) is 0 Å². The van der Waals surface area contributed by atoms with Crippen LogP contribution in [0.25, 0.3) is 0 Å². The summed E-state index contributed by atoms with van der Waals surface area (Å²) in [7, 11) is 0. The molecule has 0 aromatic heterocycles. The SMILES string of the molecule is O=C(CBr)c1cc(Br)c(F)c(Br)c1. The topological polar surface area (TPSA) is 17.1 Å². The molecule has 0 fully saturated rings.